The van der Waals surface area contributed by atoms with E-state index in [9.17, 15) is 34.8 Å². The van der Waals surface area contributed by atoms with Gasteiger partial charge in [-0.15, -0.1) is 0 Å². The van der Waals surface area contributed by atoms with Gasteiger partial charge in [0.15, 0.2) is 5.65 Å². The molecule has 1 fully saturated rings. The molecule has 12 nitrogen and oxygen atoms in total. The predicted octanol–water partition coefficient (Wildman–Crippen LogP) is 3.50. The molecule has 0 bridgehead atoms. The van der Waals surface area contributed by atoms with Gasteiger partial charge in [0.2, 0.25) is 0 Å². The molecule has 4 heterocycles. The van der Waals surface area contributed by atoms with Crippen LogP contribution in [0.5, 0.6) is 11.5 Å². The Morgan fingerprint density at radius 2 is 1.67 bits per heavy atom. The molecule has 212 valence electrons. The second-order valence-corrected chi connectivity index (χ2v) is 10.1. The SMILES string of the molecule is O=C(O)c1ccnc(CN2CC[C@H](n3c(=O)n(-c4ccc(-c5ccc(O)c(C(=O)O)c5)cc4O)c4cccnc43)C2)c1. The van der Waals surface area contributed by atoms with Gasteiger partial charge in [-0.3, -0.25) is 19.0 Å². The molecule has 0 aliphatic carbocycles. The molecule has 5 aromatic rings. The van der Waals surface area contributed by atoms with Crippen LogP contribution in [0.2, 0.25) is 0 Å². The molecule has 4 N–H and O–H groups in total. The van der Waals surface area contributed by atoms with Crippen LogP contribution in [-0.4, -0.2) is 69.5 Å². The van der Waals surface area contributed by atoms with E-state index in [0.29, 0.717) is 54.0 Å². The maximum absolute atomic E-state index is 13.9. The molecular weight excluding hydrogens is 542 g/mol. The molecule has 12 heteroatoms. The summed E-state index contributed by atoms with van der Waals surface area (Å²) in [5.74, 6) is -2.86. The van der Waals surface area contributed by atoms with Crippen LogP contribution in [0.3, 0.4) is 0 Å². The van der Waals surface area contributed by atoms with Gasteiger partial charge in [0.25, 0.3) is 0 Å². The van der Waals surface area contributed by atoms with Crippen molar-refractivity contribution >= 4 is 23.1 Å². The van der Waals surface area contributed by atoms with Crippen molar-refractivity contribution in [3.8, 4) is 28.3 Å². The Balaban J connectivity index is 1.33. The van der Waals surface area contributed by atoms with Crippen molar-refractivity contribution in [2.75, 3.05) is 13.1 Å². The molecule has 1 saturated heterocycles. The molecule has 0 saturated carbocycles. The van der Waals surface area contributed by atoms with Crippen LogP contribution in [0.4, 0.5) is 0 Å². The summed E-state index contributed by atoms with van der Waals surface area (Å²) in [5.41, 5.74) is 2.34. The highest BCUT2D eigenvalue weighted by atomic mass is 16.4. The fraction of sp³-hybridized carbons (Fsp3) is 0.167. The molecule has 1 aliphatic rings. The summed E-state index contributed by atoms with van der Waals surface area (Å²) in [6, 6.07) is 15.0. The lowest BCUT2D eigenvalue weighted by Gasteiger charge is -2.16. The van der Waals surface area contributed by atoms with Gasteiger partial charge in [-0.1, -0.05) is 12.1 Å². The summed E-state index contributed by atoms with van der Waals surface area (Å²) in [6.45, 7) is 1.62. The zero-order chi connectivity index (χ0) is 29.5. The first-order valence-corrected chi connectivity index (χ1v) is 13.1. The number of likely N-dealkylation sites (tertiary alicyclic amines) is 1. The third-order valence-corrected chi connectivity index (χ3v) is 7.47. The number of phenols is 2. The van der Waals surface area contributed by atoms with Gasteiger partial charge in [0.05, 0.1) is 28.5 Å². The number of phenolic OH excluding ortho intramolecular Hbond substituents is 1. The molecule has 0 radical (unpaired) electrons. The fourth-order valence-corrected chi connectivity index (χ4v) is 5.48. The monoisotopic (exact) mass is 567 g/mol. The average Bonchev–Trinajstić information content (AvgIpc) is 3.54. The van der Waals surface area contributed by atoms with Crippen molar-refractivity contribution in [1.29, 1.82) is 0 Å². The smallest absolute Gasteiger partial charge is 0.339 e. The lowest BCUT2D eigenvalue weighted by molar-refractivity contribution is 0.0684. The number of fused-ring (bicyclic) bond motifs is 1. The van der Waals surface area contributed by atoms with Gasteiger partial charge < -0.3 is 20.4 Å². The number of benzene rings is 2. The van der Waals surface area contributed by atoms with Crippen molar-refractivity contribution in [2.45, 2.75) is 19.0 Å². The van der Waals surface area contributed by atoms with E-state index in [1.807, 2.05) is 0 Å². The molecule has 1 aliphatic heterocycles. The average molecular weight is 568 g/mol. The number of aromatic hydroxyl groups is 2. The second-order valence-electron chi connectivity index (χ2n) is 10.1. The zero-order valence-electron chi connectivity index (χ0n) is 22.1. The quantitative estimate of drug-likeness (QED) is 0.228. The Kier molecular flexibility index (Phi) is 6.67. The highest BCUT2D eigenvalue weighted by molar-refractivity contribution is 5.92. The number of carbonyl (C=O) groups is 2. The van der Waals surface area contributed by atoms with Gasteiger partial charge >= 0.3 is 17.6 Å². The van der Waals surface area contributed by atoms with Crippen LogP contribution in [0, 0.1) is 0 Å². The molecular formula is C30H25N5O7. The normalized spacial score (nSPS) is 15.3. The standard InChI is InChI=1S/C30H25N5O7/c36-25-6-4-17(13-22(25)29(40)41)18-3-5-23(26(37)14-18)35-24-2-1-9-32-27(24)34(30(35)42)21-8-11-33(16-21)15-20-12-19(28(38)39)7-10-31-20/h1-7,9-10,12-14,21,36-37H,8,11,15-16H2,(H,38,39)(H,40,41)/t21-/m0/s1. The minimum absolute atomic E-state index is 0.165. The number of imidazole rings is 1. The Bertz CT molecular complexity index is 1930. The van der Waals surface area contributed by atoms with E-state index >= 15 is 0 Å². The zero-order valence-corrected chi connectivity index (χ0v) is 22.1. The number of aromatic nitrogens is 4. The van der Waals surface area contributed by atoms with Gasteiger partial charge in [0.1, 0.15) is 17.1 Å². The summed E-state index contributed by atoms with van der Waals surface area (Å²) in [5, 5.41) is 39.5. The lowest BCUT2D eigenvalue weighted by Crippen LogP contribution is -2.29. The summed E-state index contributed by atoms with van der Waals surface area (Å²) in [6.07, 6.45) is 3.73. The van der Waals surface area contributed by atoms with E-state index in [1.54, 1.807) is 41.1 Å². The van der Waals surface area contributed by atoms with E-state index in [4.69, 9.17) is 0 Å². The van der Waals surface area contributed by atoms with E-state index in [0.717, 1.165) is 0 Å². The minimum Gasteiger partial charge on any atom is -0.507 e. The molecule has 0 spiro atoms. The Labute approximate surface area is 238 Å². The van der Waals surface area contributed by atoms with Gasteiger partial charge in [-0.05, 0) is 66.1 Å². The summed E-state index contributed by atoms with van der Waals surface area (Å²) in [7, 11) is 0. The highest BCUT2D eigenvalue weighted by Gasteiger charge is 2.29. The van der Waals surface area contributed by atoms with E-state index in [-0.39, 0.29) is 40.0 Å². The fourth-order valence-electron chi connectivity index (χ4n) is 5.48. The van der Waals surface area contributed by atoms with Crippen molar-refractivity contribution < 1.29 is 30.0 Å². The predicted molar refractivity (Wildman–Crippen MR) is 151 cm³/mol. The van der Waals surface area contributed by atoms with E-state index in [1.165, 1.54) is 41.1 Å². The topological polar surface area (TPSA) is 171 Å². The summed E-state index contributed by atoms with van der Waals surface area (Å²) in [4.78, 5) is 47.6. The number of hydrogen-bond donors (Lipinski definition) is 4. The molecule has 0 amide bonds. The van der Waals surface area contributed by atoms with Crippen LogP contribution < -0.4 is 5.69 Å². The maximum Gasteiger partial charge on any atom is 0.339 e. The van der Waals surface area contributed by atoms with Gasteiger partial charge in [0, 0.05) is 32.0 Å². The molecule has 6 rings (SSSR count). The Morgan fingerprint density at radius 1 is 0.881 bits per heavy atom. The summed E-state index contributed by atoms with van der Waals surface area (Å²) < 4.78 is 3.03. The Hall–Kier alpha value is -5.49. The third kappa shape index (κ3) is 4.73. The lowest BCUT2D eigenvalue weighted by atomic mass is 10.0. The van der Waals surface area contributed by atoms with Crippen LogP contribution in [0.1, 0.15) is 38.9 Å². The summed E-state index contributed by atoms with van der Waals surface area (Å²) >= 11 is 0. The number of nitrogens with zero attached hydrogens (tertiary/aromatic N) is 5. The van der Waals surface area contributed by atoms with Crippen molar-refractivity contribution in [3.63, 3.8) is 0 Å². The number of carboxylic acids is 2. The number of rotatable bonds is 7. The van der Waals surface area contributed by atoms with Gasteiger partial charge in [-0.2, -0.15) is 0 Å². The molecule has 1 atom stereocenters. The first kappa shape index (κ1) is 26.7. The number of carboxylic acid groups (broad SMARTS) is 2. The minimum atomic E-state index is -1.28. The maximum atomic E-state index is 13.9. The molecule has 3 aromatic heterocycles. The second kappa shape index (κ2) is 10.5. The van der Waals surface area contributed by atoms with Crippen molar-refractivity contribution in [2.24, 2.45) is 0 Å². The number of aromatic carboxylic acids is 2. The first-order valence-electron chi connectivity index (χ1n) is 13.1. The van der Waals surface area contributed by atoms with E-state index in [2.05, 4.69) is 14.9 Å². The number of hydrogen-bond acceptors (Lipinski definition) is 8. The first-order chi connectivity index (χ1) is 20.2. The Morgan fingerprint density at radius 3 is 2.43 bits per heavy atom. The third-order valence-electron chi connectivity index (χ3n) is 7.47. The van der Waals surface area contributed by atoms with Crippen LogP contribution >= 0.6 is 0 Å². The molecule has 42 heavy (non-hydrogen) atoms. The van der Waals surface area contributed by atoms with E-state index < -0.39 is 11.9 Å². The molecule has 2 aromatic carbocycles. The highest BCUT2D eigenvalue weighted by Crippen LogP contribution is 2.33. The van der Waals surface area contributed by atoms with Crippen LogP contribution in [0.15, 0.2) is 77.9 Å². The number of pyridine rings is 2. The van der Waals surface area contributed by atoms with Crippen LogP contribution in [-0.2, 0) is 6.54 Å². The molecule has 0 unspecified atom stereocenters. The van der Waals surface area contributed by atoms with Crippen molar-refractivity contribution in [1.82, 2.24) is 24.0 Å². The largest absolute Gasteiger partial charge is 0.507 e. The van der Waals surface area contributed by atoms with Crippen LogP contribution in [0.25, 0.3) is 28.0 Å². The van der Waals surface area contributed by atoms with Crippen molar-refractivity contribution in [3.05, 3.63) is 100 Å². The van der Waals surface area contributed by atoms with Gasteiger partial charge in [-0.25, -0.2) is 19.4 Å².